The number of rotatable bonds is 6. The van der Waals surface area contributed by atoms with Gasteiger partial charge in [0.25, 0.3) is 6.36 Å². The van der Waals surface area contributed by atoms with Gasteiger partial charge in [-0.2, -0.15) is 5.06 Å². The number of nitrogens with two attached hydrogens (primary N) is 1. The van der Waals surface area contributed by atoms with Crippen molar-refractivity contribution in [2.45, 2.75) is 32.3 Å². The summed E-state index contributed by atoms with van der Waals surface area (Å²) in [7, 11) is 0. The minimum Gasteiger partial charge on any atom is -0.493 e. The molecule has 7 nitrogen and oxygen atoms in total. The Morgan fingerprint density at radius 2 is 2.33 bits per heavy atom. The fourth-order valence-corrected chi connectivity index (χ4v) is 2.51. The molecule has 2 bridgehead atoms. The minimum atomic E-state index is -1.96. The van der Waals surface area contributed by atoms with Gasteiger partial charge in [0.05, 0.1) is 19.2 Å². The van der Waals surface area contributed by atoms with Crippen molar-refractivity contribution < 1.29 is 23.6 Å². The molecule has 2 rings (SSSR count). The fourth-order valence-electron chi connectivity index (χ4n) is 2.51. The summed E-state index contributed by atoms with van der Waals surface area (Å²) in [5.74, 6) is -0.846. The number of nitrogens with zero attached hydrogens (tertiary/aromatic N) is 2. The molecule has 2 aliphatic heterocycles. The number of amides is 3. The van der Waals surface area contributed by atoms with Crippen LogP contribution in [0.4, 0.5) is 9.18 Å². The van der Waals surface area contributed by atoms with Crippen LogP contribution in [0.1, 0.15) is 13.8 Å². The standard InChI is InChI=1S/C13H18FN3O4/c1-4-20-8(3)11(14)21-17-9-5-7(2)10(12(15)18)16(6-9)13(17)19/h5,9-11H,3-4,6H2,1-2H3,(H2,15,18)/t9-,10+,11?/m1/s1. The maximum atomic E-state index is 13.8. The lowest BCUT2D eigenvalue weighted by atomic mass is 10.0. The quantitative estimate of drug-likeness (QED) is 0.577. The van der Waals surface area contributed by atoms with Gasteiger partial charge in [-0.1, -0.05) is 12.7 Å². The van der Waals surface area contributed by atoms with Gasteiger partial charge in [-0.15, -0.1) is 0 Å². The molecule has 0 aromatic heterocycles. The van der Waals surface area contributed by atoms with E-state index in [1.165, 1.54) is 4.90 Å². The van der Waals surface area contributed by atoms with Crippen molar-refractivity contribution in [1.29, 1.82) is 0 Å². The Hall–Kier alpha value is -2.09. The van der Waals surface area contributed by atoms with E-state index in [2.05, 4.69) is 6.58 Å². The third-order valence-corrected chi connectivity index (χ3v) is 3.38. The normalized spacial score (nSPS) is 25.7. The molecule has 1 fully saturated rings. The molecule has 116 valence electrons. The predicted octanol–water partition coefficient (Wildman–Crippen LogP) is 0.684. The molecule has 0 saturated carbocycles. The summed E-state index contributed by atoms with van der Waals surface area (Å²) in [5.41, 5.74) is 5.93. The second-order valence-corrected chi connectivity index (χ2v) is 4.86. The van der Waals surface area contributed by atoms with E-state index in [9.17, 15) is 14.0 Å². The first-order valence-corrected chi connectivity index (χ1v) is 6.56. The molecule has 2 aliphatic rings. The van der Waals surface area contributed by atoms with Crippen LogP contribution in [0, 0.1) is 0 Å². The smallest absolute Gasteiger partial charge is 0.345 e. The van der Waals surface area contributed by atoms with Gasteiger partial charge in [-0.25, -0.2) is 14.0 Å². The lowest BCUT2D eigenvalue weighted by molar-refractivity contribution is -0.204. The lowest BCUT2D eigenvalue weighted by Gasteiger charge is -2.27. The molecule has 0 aromatic carbocycles. The highest BCUT2D eigenvalue weighted by molar-refractivity contribution is 5.90. The number of hydrogen-bond donors (Lipinski definition) is 1. The largest absolute Gasteiger partial charge is 0.493 e. The van der Waals surface area contributed by atoms with E-state index < -0.39 is 30.4 Å². The van der Waals surface area contributed by atoms with Gasteiger partial charge in [0, 0.05) is 0 Å². The van der Waals surface area contributed by atoms with Crippen LogP contribution < -0.4 is 5.73 Å². The second-order valence-electron chi connectivity index (χ2n) is 4.86. The first kappa shape index (κ1) is 15.3. The minimum absolute atomic E-state index is 0.214. The number of halogens is 1. The average Bonchev–Trinajstić information content (AvgIpc) is 2.64. The van der Waals surface area contributed by atoms with Crippen molar-refractivity contribution >= 4 is 11.9 Å². The van der Waals surface area contributed by atoms with Crippen LogP contribution in [0.15, 0.2) is 24.0 Å². The fraction of sp³-hybridized carbons (Fsp3) is 0.538. The van der Waals surface area contributed by atoms with E-state index >= 15 is 0 Å². The molecule has 3 amide bonds. The first-order valence-electron chi connectivity index (χ1n) is 6.56. The zero-order valence-corrected chi connectivity index (χ0v) is 11.9. The van der Waals surface area contributed by atoms with E-state index in [0.717, 1.165) is 5.06 Å². The zero-order valence-electron chi connectivity index (χ0n) is 11.9. The molecule has 0 radical (unpaired) electrons. The highest BCUT2D eigenvalue weighted by atomic mass is 19.1. The van der Waals surface area contributed by atoms with E-state index in [0.29, 0.717) is 5.57 Å². The highest BCUT2D eigenvalue weighted by Crippen LogP contribution is 2.30. The van der Waals surface area contributed by atoms with Crippen LogP contribution in [0.5, 0.6) is 0 Å². The number of hydrogen-bond acceptors (Lipinski definition) is 4. The number of carbonyl (C=O) groups is 2. The molecule has 0 aromatic rings. The second kappa shape index (κ2) is 5.72. The van der Waals surface area contributed by atoms with Gasteiger partial charge in [0.1, 0.15) is 6.04 Å². The number of urea groups is 1. The molecule has 0 aliphatic carbocycles. The van der Waals surface area contributed by atoms with Crippen molar-refractivity contribution in [3.8, 4) is 0 Å². The van der Waals surface area contributed by atoms with E-state index in [-0.39, 0.29) is 18.9 Å². The summed E-state index contributed by atoms with van der Waals surface area (Å²) in [4.78, 5) is 29.9. The summed E-state index contributed by atoms with van der Waals surface area (Å²) in [6.07, 6.45) is -0.289. The Morgan fingerprint density at radius 3 is 2.90 bits per heavy atom. The number of ether oxygens (including phenoxy) is 1. The van der Waals surface area contributed by atoms with Crippen molar-refractivity contribution in [3.63, 3.8) is 0 Å². The predicted molar refractivity (Wildman–Crippen MR) is 71.2 cm³/mol. The molecule has 21 heavy (non-hydrogen) atoms. The Balaban J connectivity index is 2.13. The molecular formula is C13H18FN3O4. The Bertz CT molecular complexity index is 508. The van der Waals surface area contributed by atoms with E-state index in [4.69, 9.17) is 15.3 Å². The van der Waals surface area contributed by atoms with E-state index in [1.54, 1.807) is 19.9 Å². The third kappa shape index (κ3) is 2.71. The van der Waals surface area contributed by atoms with Gasteiger partial charge in [0.2, 0.25) is 5.91 Å². The molecule has 0 spiro atoms. The van der Waals surface area contributed by atoms with Gasteiger partial charge in [0.15, 0.2) is 5.76 Å². The van der Waals surface area contributed by atoms with Crippen molar-refractivity contribution in [2.24, 2.45) is 5.73 Å². The Morgan fingerprint density at radius 1 is 1.67 bits per heavy atom. The van der Waals surface area contributed by atoms with Gasteiger partial charge >= 0.3 is 6.03 Å². The van der Waals surface area contributed by atoms with Crippen LogP contribution >= 0.6 is 0 Å². The van der Waals surface area contributed by atoms with Crippen LogP contribution in [0.3, 0.4) is 0 Å². The number of alkyl halides is 1. The number of carbonyl (C=O) groups excluding carboxylic acids is 2. The van der Waals surface area contributed by atoms with Crippen molar-refractivity contribution in [1.82, 2.24) is 9.96 Å². The molecule has 1 saturated heterocycles. The van der Waals surface area contributed by atoms with E-state index in [1.807, 2.05) is 0 Å². The Kier molecular flexibility index (Phi) is 4.17. The lowest BCUT2D eigenvalue weighted by Crippen LogP contribution is -2.48. The summed E-state index contributed by atoms with van der Waals surface area (Å²) >= 11 is 0. The van der Waals surface area contributed by atoms with Crippen molar-refractivity contribution in [2.75, 3.05) is 13.2 Å². The monoisotopic (exact) mass is 299 g/mol. The number of primary amides is 1. The van der Waals surface area contributed by atoms with Gasteiger partial charge < -0.3 is 15.4 Å². The number of hydroxylamine groups is 2. The summed E-state index contributed by atoms with van der Waals surface area (Å²) in [6, 6.07) is -1.90. The Labute approximate surface area is 121 Å². The molecule has 1 unspecified atom stereocenters. The summed E-state index contributed by atoms with van der Waals surface area (Å²) < 4.78 is 18.8. The molecule has 2 heterocycles. The topological polar surface area (TPSA) is 85.1 Å². The van der Waals surface area contributed by atoms with Crippen molar-refractivity contribution in [3.05, 3.63) is 24.0 Å². The van der Waals surface area contributed by atoms with Crippen LogP contribution in [0.2, 0.25) is 0 Å². The maximum absolute atomic E-state index is 13.8. The van der Waals surface area contributed by atoms with Crippen LogP contribution in [-0.2, 0) is 14.4 Å². The summed E-state index contributed by atoms with van der Waals surface area (Å²) in [6.45, 7) is 7.23. The van der Waals surface area contributed by atoms with Crippen LogP contribution in [0.25, 0.3) is 0 Å². The first-order chi connectivity index (χ1) is 9.86. The molecule has 3 atom stereocenters. The average molecular weight is 299 g/mol. The van der Waals surface area contributed by atoms with Gasteiger partial charge in [-0.05, 0) is 19.4 Å². The maximum Gasteiger partial charge on any atom is 0.345 e. The summed E-state index contributed by atoms with van der Waals surface area (Å²) in [5, 5.41) is 0.890. The van der Waals surface area contributed by atoms with Gasteiger partial charge in [-0.3, -0.25) is 4.79 Å². The number of fused-ring (bicyclic) bond motifs is 2. The SMILES string of the molecule is C=C(OCC)C(F)ON1C(=O)N2C[C@H]1C=C(C)[C@H]2C(N)=O. The third-order valence-electron chi connectivity index (χ3n) is 3.38. The molecule has 8 heteroatoms. The molecule has 2 N–H and O–H groups in total. The zero-order chi connectivity index (χ0) is 15.7. The highest BCUT2D eigenvalue weighted by Gasteiger charge is 2.47. The van der Waals surface area contributed by atoms with Crippen LogP contribution in [-0.4, -0.2) is 53.5 Å². The molecular weight excluding hydrogens is 281 g/mol.